The van der Waals surface area contributed by atoms with Gasteiger partial charge in [0.1, 0.15) is 10.1 Å². The van der Waals surface area contributed by atoms with Gasteiger partial charge in [0.05, 0.1) is 9.82 Å². The van der Waals surface area contributed by atoms with Crippen LogP contribution in [0.15, 0.2) is 17.0 Å². The van der Waals surface area contributed by atoms with E-state index >= 15 is 0 Å². The molecule has 15 heavy (non-hydrogen) atoms. The number of aryl methyl sites for hydroxylation is 2. The summed E-state index contributed by atoms with van der Waals surface area (Å²) >= 11 is 0. The molecule has 0 aromatic heterocycles. The van der Waals surface area contributed by atoms with E-state index in [0.29, 0.717) is 5.56 Å². The van der Waals surface area contributed by atoms with Crippen LogP contribution in [0.1, 0.15) is 11.1 Å². The minimum absolute atomic E-state index is 0.216. The molecule has 0 aliphatic carbocycles. The van der Waals surface area contributed by atoms with Crippen LogP contribution in [0.4, 0.5) is 5.69 Å². The quantitative estimate of drug-likeness (QED) is 0.430. The summed E-state index contributed by atoms with van der Waals surface area (Å²) in [7, 11) is -4.66. The van der Waals surface area contributed by atoms with Crippen molar-refractivity contribution < 1.29 is 17.9 Å². The minimum atomic E-state index is -4.66. The predicted molar refractivity (Wildman–Crippen MR) is 50.5 cm³/mol. The van der Waals surface area contributed by atoms with E-state index < -0.39 is 19.9 Å². The second kappa shape index (κ2) is 3.59. The number of nitro groups is 1. The summed E-state index contributed by atoms with van der Waals surface area (Å²) < 4.78 is 32.3. The average Bonchev–Trinajstić information content (AvgIpc) is 2.00. The van der Waals surface area contributed by atoms with Crippen molar-refractivity contribution in [3.63, 3.8) is 0 Å². The summed E-state index contributed by atoms with van der Waals surface area (Å²) in [4.78, 5) is 9.26. The van der Waals surface area contributed by atoms with Crippen LogP contribution < -0.4 is 0 Å². The topological polar surface area (TPSA) is 100 Å². The fourth-order valence-corrected chi connectivity index (χ4v) is 2.00. The van der Waals surface area contributed by atoms with Crippen molar-refractivity contribution in [2.45, 2.75) is 18.7 Å². The van der Waals surface area contributed by atoms with Crippen LogP contribution in [0.3, 0.4) is 0 Å². The second-order valence-electron chi connectivity index (χ2n) is 3.12. The lowest BCUT2D eigenvalue weighted by Crippen LogP contribution is -2.03. The van der Waals surface area contributed by atoms with Gasteiger partial charge in [0.25, 0.3) is 5.69 Å². The smallest absolute Gasteiger partial charge is 0.273 e. The van der Waals surface area contributed by atoms with Crippen LogP contribution in [0.2, 0.25) is 0 Å². The zero-order valence-electron chi connectivity index (χ0n) is 8.05. The lowest BCUT2D eigenvalue weighted by Gasteiger charge is -2.10. The molecule has 1 aromatic rings. The van der Waals surface area contributed by atoms with E-state index in [4.69, 9.17) is 0 Å². The molecule has 0 fully saturated rings. The molecular formula is C8H8NO5S-. The SMILES string of the molecule is Cc1cc(C)c(S(=O)(=O)[O-])cc1[N+](=O)[O-]. The molecule has 0 saturated heterocycles. The Morgan fingerprint density at radius 1 is 1.20 bits per heavy atom. The van der Waals surface area contributed by atoms with Crippen LogP contribution >= 0.6 is 0 Å². The Morgan fingerprint density at radius 3 is 2.13 bits per heavy atom. The maximum atomic E-state index is 10.8. The first-order valence-electron chi connectivity index (χ1n) is 3.95. The molecule has 1 rings (SSSR count). The molecule has 0 heterocycles. The molecule has 0 aliphatic heterocycles. The molecule has 0 atom stereocenters. The van der Waals surface area contributed by atoms with Crippen molar-refractivity contribution in [2.75, 3.05) is 0 Å². The third kappa shape index (κ3) is 2.31. The van der Waals surface area contributed by atoms with Gasteiger partial charge in [-0.05, 0) is 25.5 Å². The molecule has 7 heteroatoms. The summed E-state index contributed by atoms with van der Waals surface area (Å²) in [6.07, 6.45) is 0. The number of benzene rings is 1. The van der Waals surface area contributed by atoms with Crippen molar-refractivity contribution in [2.24, 2.45) is 0 Å². The fourth-order valence-electron chi connectivity index (χ4n) is 1.29. The van der Waals surface area contributed by atoms with Crippen LogP contribution in [0.25, 0.3) is 0 Å². The van der Waals surface area contributed by atoms with Crippen molar-refractivity contribution in [3.05, 3.63) is 33.4 Å². The number of hydrogen-bond acceptors (Lipinski definition) is 5. The van der Waals surface area contributed by atoms with Crippen molar-refractivity contribution in [3.8, 4) is 0 Å². The molecule has 0 amide bonds. The molecule has 0 radical (unpaired) electrons. The van der Waals surface area contributed by atoms with Gasteiger partial charge in [-0.2, -0.15) is 0 Å². The molecular weight excluding hydrogens is 222 g/mol. The van der Waals surface area contributed by atoms with E-state index in [2.05, 4.69) is 0 Å². The van der Waals surface area contributed by atoms with E-state index in [1.165, 1.54) is 19.9 Å². The second-order valence-corrected chi connectivity index (χ2v) is 4.46. The molecule has 0 spiro atoms. The van der Waals surface area contributed by atoms with Gasteiger partial charge >= 0.3 is 0 Å². The predicted octanol–water partition coefficient (Wildman–Crippen LogP) is 1.12. The summed E-state index contributed by atoms with van der Waals surface area (Å²) in [5, 5.41) is 10.5. The van der Waals surface area contributed by atoms with E-state index in [1.807, 2.05) is 0 Å². The van der Waals surface area contributed by atoms with E-state index in [-0.39, 0.29) is 11.3 Å². The summed E-state index contributed by atoms with van der Waals surface area (Å²) in [6.45, 7) is 2.90. The van der Waals surface area contributed by atoms with Crippen molar-refractivity contribution in [1.82, 2.24) is 0 Å². The summed E-state index contributed by atoms with van der Waals surface area (Å²) in [6, 6.07) is 2.11. The zero-order valence-corrected chi connectivity index (χ0v) is 8.87. The van der Waals surface area contributed by atoms with Crippen molar-refractivity contribution >= 4 is 15.8 Å². The Labute approximate surface area is 86.4 Å². The Hall–Kier alpha value is -1.47. The largest absolute Gasteiger partial charge is 0.744 e. The summed E-state index contributed by atoms with van der Waals surface area (Å²) in [5.74, 6) is 0. The Morgan fingerprint density at radius 2 is 1.73 bits per heavy atom. The first kappa shape index (κ1) is 11.6. The Bertz CT molecular complexity index is 520. The highest BCUT2D eigenvalue weighted by atomic mass is 32.2. The maximum Gasteiger partial charge on any atom is 0.273 e. The van der Waals surface area contributed by atoms with Crippen LogP contribution in [0, 0.1) is 24.0 Å². The third-order valence-corrected chi connectivity index (χ3v) is 2.94. The molecule has 82 valence electrons. The molecule has 0 aliphatic rings. The van der Waals surface area contributed by atoms with Gasteiger partial charge in [0.15, 0.2) is 0 Å². The van der Waals surface area contributed by atoms with Gasteiger partial charge in [-0.1, -0.05) is 0 Å². The number of nitrogens with zero attached hydrogens (tertiary/aromatic N) is 1. The van der Waals surface area contributed by atoms with Crippen molar-refractivity contribution in [1.29, 1.82) is 0 Å². The molecule has 0 N–H and O–H groups in total. The Balaban J connectivity index is 3.58. The monoisotopic (exact) mass is 230 g/mol. The summed E-state index contributed by atoms with van der Waals surface area (Å²) in [5.41, 5.74) is 0.174. The Kier molecular flexibility index (Phi) is 2.78. The first-order chi connectivity index (χ1) is 6.73. The standard InChI is InChI=1S/C8H9NO5S/c1-5-3-6(2)8(15(12,13)14)4-7(5)9(10)11/h3-4H,1-2H3,(H,12,13,14)/p-1. The van der Waals surface area contributed by atoms with Crippen LogP contribution in [0.5, 0.6) is 0 Å². The lowest BCUT2D eigenvalue weighted by atomic mass is 10.1. The fraction of sp³-hybridized carbons (Fsp3) is 0.250. The van der Waals surface area contributed by atoms with Crippen LogP contribution in [-0.2, 0) is 10.1 Å². The highest BCUT2D eigenvalue weighted by Crippen LogP contribution is 2.25. The highest BCUT2D eigenvalue weighted by Gasteiger charge is 2.16. The van der Waals surface area contributed by atoms with Gasteiger partial charge in [-0.15, -0.1) is 0 Å². The molecule has 6 nitrogen and oxygen atoms in total. The van der Waals surface area contributed by atoms with E-state index in [1.54, 1.807) is 0 Å². The highest BCUT2D eigenvalue weighted by molar-refractivity contribution is 7.85. The molecule has 0 unspecified atom stereocenters. The van der Waals surface area contributed by atoms with Gasteiger partial charge in [0, 0.05) is 11.6 Å². The zero-order chi connectivity index (χ0) is 11.8. The van der Waals surface area contributed by atoms with Gasteiger partial charge in [0.2, 0.25) is 0 Å². The van der Waals surface area contributed by atoms with Crippen LogP contribution in [-0.4, -0.2) is 17.9 Å². The molecule has 1 aromatic carbocycles. The maximum absolute atomic E-state index is 10.8. The molecule has 0 bridgehead atoms. The number of nitro benzene ring substituents is 1. The minimum Gasteiger partial charge on any atom is -0.744 e. The third-order valence-electron chi connectivity index (χ3n) is 1.96. The normalized spacial score (nSPS) is 11.4. The number of hydrogen-bond donors (Lipinski definition) is 0. The molecule has 0 saturated carbocycles. The van der Waals surface area contributed by atoms with Gasteiger partial charge < -0.3 is 4.55 Å². The van der Waals surface area contributed by atoms with Gasteiger partial charge in [-0.25, -0.2) is 8.42 Å². The average molecular weight is 230 g/mol. The van der Waals surface area contributed by atoms with E-state index in [9.17, 15) is 23.1 Å². The first-order valence-corrected chi connectivity index (χ1v) is 5.36. The van der Waals surface area contributed by atoms with E-state index in [0.717, 1.165) is 6.07 Å². The van der Waals surface area contributed by atoms with Gasteiger partial charge in [-0.3, -0.25) is 10.1 Å². The lowest BCUT2D eigenvalue weighted by molar-refractivity contribution is -0.385. The number of rotatable bonds is 2.